The van der Waals surface area contributed by atoms with E-state index in [1.807, 2.05) is 0 Å². The van der Waals surface area contributed by atoms with E-state index in [9.17, 15) is 14.8 Å². The minimum atomic E-state index is -0.265. The van der Waals surface area contributed by atoms with Gasteiger partial charge in [-0.25, -0.2) is 0 Å². The second-order valence-corrected chi connectivity index (χ2v) is 5.64. The van der Waals surface area contributed by atoms with Gasteiger partial charge in [0.2, 0.25) is 0 Å². The van der Waals surface area contributed by atoms with Crippen molar-refractivity contribution in [2.24, 2.45) is 0 Å². The first-order valence-corrected chi connectivity index (χ1v) is 7.43. The highest BCUT2D eigenvalue weighted by atomic mass is 32.2. The minimum absolute atomic E-state index is 0.265. The van der Waals surface area contributed by atoms with Crippen molar-refractivity contribution in [1.29, 1.82) is 0 Å². The maximum absolute atomic E-state index is 12.1. The lowest BCUT2D eigenvalue weighted by atomic mass is 10.1. The molecule has 2 heterocycles. The molecule has 0 bridgehead atoms. The van der Waals surface area contributed by atoms with Crippen molar-refractivity contribution in [3.63, 3.8) is 0 Å². The van der Waals surface area contributed by atoms with Crippen LogP contribution in [0.15, 0.2) is 53.7 Å². The maximum Gasteiger partial charge on any atom is 0.261 e. The van der Waals surface area contributed by atoms with Crippen LogP contribution < -0.4 is 4.73 Å². The molecule has 0 saturated carbocycles. The number of nitrogens with zero attached hydrogens (tertiary/aromatic N) is 2. The predicted octanol–water partition coefficient (Wildman–Crippen LogP) is 1.71. The second kappa shape index (κ2) is 5.57. The molecule has 2 amide bonds. The Bertz CT molecular complexity index is 683. The number of pyridine rings is 1. The van der Waals surface area contributed by atoms with Crippen LogP contribution in [0, 0.1) is 5.21 Å². The molecule has 21 heavy (non-hydrogen) atoms. The van der Waals surface area contributed by atoms with Crippen molar-refractivity contribution in [2.75, 3.05) is 12.3 Å². The van der Waals surface area contributed by atoms with Gasteiger partial charge in [0.05, 0.1) is 11.1 Å². The molecule has 0 aliphatic carbocycles. The topological polar surface area (TPSA) is 64.3 Å². The number of imide groups is 1. The smallest absolute Gasteiger partial charge is 0.261 e. The zero-order valence-corrected chi connectivity index (χ0v) is 11.9. The molecule has 0 N–H and O–H groups in total. The van der Waals surface area contributed by atoms with E-state index in [1.165, 1.54) is 22.9 Å². The first kappa shape index (κ1) is 13.6. The van der Waals surface area contributed by atoms with Gasteiger partial charge >= 0.3 is 0 Å². The van der Waals surface area contributed by atoms with E-state index in [-0.39, 0.29) is 18.4 Å². The summed E-state index contributed by atoms with van der Waals surface area (Å²) in [7, 11) is 0. The Balaban J connectivity index is 1.66. The maximum atomic E-state index is 12.1. The lowest BCUT2D eigenvalue weighted by Crippen LogP contribution is -2.33. The second-order valence-electron chi connectivity index (χ2n) is 4.52. The molecule has 6 heteroatoms. The molecule has 1 aliphatic rings. The van der Waals surface area contributed by atoms with Crippen LogP contribution in [0.2, 0.25) is 0 Å². The van der Waals surface area contributed by atoms with Gasteiger partial charge in [-0.15, -0.1) is 0 Å². The third-order valence-corrected chi connectivity index (χ3v) is 4.23. The van der Waals surface area contributed by atoms with Crippen LogP contribution in [0.25, 0.3) is 0 Å². The number of benzene rings is 1. The largest absolute Gasteiger partial charge is 0.618 e. The van der Waals surface area contributed by atoms with E-state index < -0.39 is 0 Å². The minimum Gasteiger partial charge on any atom is -0.618 e. The molecule has 0 unspecified atom stereocenters. The van der Waals surface area contributed by atoms with Crippen LogP contribution in [0.5, 0.6) is 0 Å². The van der Waals surface area contributed by atoms with E-state index in [0.717, 1.165) is 4.73 Å². The Kier molecular flexibility index (Phi) is 3.62. The van der Waals surface area contributed by atoms with E-state index in [2.05, 4.69) is 0 Å². The fourth-order valence-corrected chi connectivity index (χ4v) is 3.05. The number of carbonyl (C=O) groups excluding carboxylic acids is 2. The number of hydrogen-bond donors (Lipinski definition) is 0. The van der Waals surface area contributed by atoms with Crippen molar-refractivity contribution in [1.82, 2.24) is 4.90 Å². The molecule has 106 valence electrons. The first-order chi connectivity index (χ1) is 10.2. The van der Waals surface area contributed by atoms with E-state index in [0.29, 0.717) is 21.9 Å². The quantitative estimate of drug-likeness (QED) is 0.373. The number of aromatic nitrogens is 1. The zero-order chi connectivity index (χ0) is 14.8. The lowest BCUT2D eigenvalue weighted by molar-refractivity contribution is -0.645. The Morgan fingerprint density at radius 3 is 2.24 bits per heavy atom. The normalized spacial score (nSPS) is 13.6. The van der Waals surface area contributed by atoms with Gasteiger partial charge < -0.3 is 5.21 Å². The molecular formula is C15H12N2O3S. The van der Waals surface area contributed by atoms with Gasteiger partial charge in [0, 0.05) is 24.4 Å². The van der Waals surface area contributed by atoms with Crippen LogP contribution in [0.3, 0.4) is 0 Å². The average Bonchev–Trinajstić information content (AvgIpc) is 2.74. The summed E-state index contributed by atoms with van der Waals surface area (Å²) in [5.74, 6) is -0.0453. The lowest BCUT2D eigenvalue weighted by Gasteiger charge is -2.12. The number of carbonyl (C=O) groups is 2. The SMILES string of the molecule is O=C1c2ccccc2C(=O)N1CCSc1cccc[n+]1[O-]. The molecule has 1 aromatic carbocycles. The number of hydrogen-bond acceptors (Lipinski definition) is 4. The fraction of sp³-hybridized carbons (Fsp3) is 0.133. The standard InChI is InChI=1S/C15H12N2O3S/c18-14-11-5-1-2-6-12(11)15(19)16(14)9-10-21-13-7-3-4-8-17(13)20/h1-8H,9-10H2. The molecule has 3 rings (SSSR count). The predicted molar refractivity (Wildman–Crippen MR) is 77.9 cm³/mol. The van der Waals surface area contributed by atoms with Gasteiger partial charge in [-0.05, 0) is 18.2 Å². The fourth-order valence-electron chi connectivity index (χ4n) is 2.21. The Labute approximate surface area is 125 Å². The van der Waals surface area contributed by atoms with Gasteiger partial charge in [0.15, 0.2) is 6.20 Å². The third-order valence-electron chi connectivity index (χ3n) is 3.23. The average molecular weight is 300 g/mol. The van der Waals surface area contributed by atoms with Crippen molar-refractivity contribution in [2.45, 2.75) is 5.03 Å². The van der Waals surface area contributed by atoms with Crippen molar-refractivity contribution < 1.29 is 14.3 Å². The van der Waals surface area contributed by atoms with Crippen LogP contribution in [-0.4, -0.2) is 29.0 Å². The highest BCUT2D eigenvalue weighted by Crippen LogP contribution is 2.23. The third kappa shape index (κ3) is 2.50. The van der Waals surface area contributed by atoms with Gasteiger partial charge in [-0.3, -0.25) is 14.5 Å². The molecule has 1 aromatic heterocycles. The monoisotopic (exact) mass is 300 g/mol. The summed E-state index contributed by atoms with van der Waals surface area (Å²) in [5.41, 5.74) is 0.900. The van der Waals surface area contributed by atoms with Gasteiger partial charge in [0.1, 0.15) is 0 Å². The number of rotatable bonds is 4. The molecule has 0 radical (unpaired) electrons. The van der Waals surface area contributed by atoms with Gasteiger partial charge in [-0.1, -0.05) is 23.9 Å². The van der Waals surface area contributed by atoms with Gasteiger partial charge in [0.25, 0.3) is 16.8 Å². The van der Waals surface area contributed by atoms with Crippen LogP contribution >= 0.6 is 11.8 Å². The number of amides is 2. The molecule has 5 nitrogen and oxygen atoms in total. The Hall–Kier alpha value is -2.34. The summed E-state index contributed by atoms with van der Waals surface area (Å²) in [5, 5.41) is 12.1. The molecule has 0 atom stereocenters. The first-order valence-electron chi connectivity index (χ1n) is 6.44. The summed E-state index contributed by atoms with van der Waals surface area (Å²) in [6, 6.07) is 11.9. The molecule has 1 aliphatic heterocycles. The van der Waals surface area contributed by atoms with Crippen LogP contribution in [-0.2, 0) is 0 Å². The summed E-state index contributed by atoms with van der Waals surface area (Å²) >= 11 is 1.32. The molecule has 2 aromatic rings. The van der Waals surface area contributed by atoms with E-state index >= 15 is 0 Å². The Morgan fingerprint density at radius 2 is 1.62 bits per heavy atom. The van der Waals surface area contributed by atoms with Gasteiger partial charge in [-0.2, -0.15) is 4.73 Å². The van der Waals surface area contributed by atoms with Crippen molar-refractivity contribution in [3.8, 4) is 0 Å². The van der Waals surface area contributed by atoms with Crippen LogP contribution in [0.1, 0.15) is 20.7 Å². The molecular weight excluding hydrogens is 288 g/mol. The summed E-state index contributed by atoms with van der Waals surface area (Å²) in [4.78, 5) is 25.5. The number of thioether (sulfide) groups is 1. The summed E-state index contributed by atoms with van der Waals surface area (Å²) in [6.45, 7) is 0.284. The van der Waals surface area contributed by atoms with E-state index in [4.69, 9.17) is 0 Å². The Morgan fingerprint density at radius 1 is 1.00 bits per heavy atom. The van der Waals surface area contributed by atoms with Crippen LogP contribution in [0.4, 0.5) is 0 Å². The summed E-state index contributed by atoms with van der Waals surface area (Å²) < 4.78 is 0.771. The number of fused-ring (bicyclic) bond motifs is 1. The summed E-state index contributed by atoms with van der Waals surface area (Å²) in [6.07, 6.45) is 1.42. The zero-order valence-electron chi connectivity index (χ0n) is 11.1. The van der Waals surface area contributed by atoms with Crippen molar-refractivity contribution in [3.05, 3.63) is 65.0 Å². The highest BCUT2D eigenvalue weighted by Gasteiger charge is 2.34. The highest BCUT2D eigenvalue weighted by molar-refractivity contribution is 7.99. The molecule has 0 fully saturated rings. The molecule has 0 spiro atoms. The van der Waals surface area contributed by atoms with E-state index in [1.54, 1.807) is 42.5 Å². The molecule has 0 saturated heterocycles. The van der Waals surface area contributed by atoms with Crippen molar-refractivity contribution >= 4 is 23.6 Å².